The molecule has 4 nitrogen and oxygen atoms in total. The van der Waals surface area contributed by atoms with Gasteiger partial charge in [-0.05, 0) is 50.3 Å². The van der Waals surface area contributed by atoms with Gasteiger partial charge in [0.1, 0.15) is 5.03 Å². The molecule has 0 bridgehead atoms. The van der Waals surface area contributed by atoms with Gasteiger partial charge >= 0.3 is 0 Å². The van der Waals surface area contributed by atoms with E-state index in [1.165, 1.54) is 6.42 Å². The fraction of sp³-hybridized carbons (Fsp3) is 0.471. The predicted molar refractivity (Wildman–Crippen MR) is 86.9 cm³/mol. The van der Waals surface area contributed by atoms with Crippen molar-refractivity contribution in [1.29, 1.82) is 0 Å². The molecule has 0 unspecified atom stereocenters. The second-order valence-electron chi connectivity index (χ2n) is 5.78. The molecular weight excluding hydrogens is 298 g/mol. The van der Waals surface area contributed by atoms with Gasteiger partial charge in [0.2, 0.25) is 16.2 Å². The van der Waals surface area contributed by atoms with Crippen molar-refractivity contribution < 1.29 is 13.2 Å². The highest BCUT2D eigenvalue weighted by atomic mass is 32.2. The molecule has 2 rings (SSSR count). The fourth-order valence-electron chi connectivity index (χ4n) is 2.82. The third-order valence-electron chi connectivity index (χ3n) is 4.07. The minimum absolute atomic E-state index is 0.0910. The lowest BCUT2D eigenvalue weighted by Crippen LogP contribution is -2.22. The molecule has 1 fully saturated rings. The third-order valence-corrected chi connectivity index (χ3v) is 5.91. The van der Waals surface area contributed by atoms with Crippen LogP contribution in [0, 0.1) is 6.92 Å². The zero-order valence-electron chi connectivity index (χ0n) is 13.0. The van der Waals surface area contributed by atoms with Gasteiger partial charge in [-0.25, -0.2) is 8.42 Å². The highest BCUT2D eigenvalue weighted by Gasteiger charge is 2.24. The number of allylic oxidation sites excluding steroid dienone is 1. The first-order valence-electron chi connectivity index (χ1n) is 7.79. The summed E-state index contributed by atoms with van der Waals surface area (Å²) >= 11 is 0. The van der Waals surface area contributed by atoms with Gasteiger partial charge in [-0.3, -0.25) is 4.79 Å². The Morgan fingerprint density at radius 3 is 2.09 bits per heavy atom. The predicted octanol–water partition coefficient (Wildman–Crippen LogP) is 3.47. The van der Waals surface area contributed by atoms with E-state index in [4.69, 9.17) is 0 Å². The first kappa shape index (κ1) is 16.7. The molecule has 0 heterocycles. The van der Waals surface area contributed by atoms with Gasteiger partial charge in [0.25, 0.3) is 0 Å². The Bertz CT molecular complexity index is 635. The number of benzene rings is 1. The summed E-state index contributed by atoms with van der Waals surface area (Å²) in [6.45, 7) is 1.91. The summed E-state index contributed by atoms with van der Waals surface area (Å²) in [5.74, 6) is 0. The van der Waals surface area contributed by atoms with Gasteiger partial charge in [0.05, 0.1) is 4.90 Å². The van der Waals surface area contributed by atoms with E-state index < -0.39 is 9.84 Å². The summed E-state index contributed by atoms with van der Waals surface area (Å²) in [7, 11) is -3.67. The summed E-state index contributed by atoms with van der Waals surface area (Å²) in [6.07, 6.45) is 7.32. The van der Waals surface area contributed by atoms with Gasteiger partial charge in [0, 0.05) is 0 Å². The van der Waals surface area contributed by atoms with Crippen LogP contribution in [0.1, 0.15) is 50.5 Å². The smallest absolute Gasteiger partial charge is 0.221 e. The molecule has 1 N–H and O–H groups in total. The van der Waals surface area contributed by atoms with Crippen LogP contribution in [0.25, 0.3) is 0 Å². The number of nitrogens with one attached hydrogen (secondary N) is 1. The molecule has 1 aromatic rings. The van der Waals surface area contributed by atoms with Crippen LogP contribution in [0.15, 0.2) is 39.8 Å². The number of carbonyl (C=O) groups is 1. The average Bonchev–Trinajstić information content (AvgIpc) is 2.45. The SMILES string of the molecule is Cc1ccc(S(=O)(=O)C(NC=O)=C2CCCCCCC2)cc1. The Labute approximate surface area is 132 Å². The normalized spacial score (nSPS) is 16.5. The maximum absolute atomic E-state index is 12.9. The Balaban J connectivity index is 2.44. The maximum atomic E-state index is 12.9. The van der Waals surface area contributed by atoms with E-state index in [1.54, 1.807) is 24.3 Å². The fourth-order valence-corrected chi connectivity index (χ4v) is 4.34. The van der Waals surface area contributed by atoms with E-state index in [0.29, 0.717) is 6.41 Å². The monoisotopic (exact) mass is 321 g/mol. The Morgan fingerprint density at radius 1 is 1.00 bits per heavy atom. The first-order chi connectivity index (χ1) is 10.6. The molecule has 1 saturated carbocycles. The number of sulfone groups is 1. The van der Waals surface area contributed by atoms with Crippen LogP contribution >= 0.6 is 0 Å². The van der Waals surface area contributed by atoms with Gasteiger partial charge in [0.15, 0.2) is 0 Å². The molecule has 1 aromatic carbocycles. The van der Waals surface area contributed by atoms with Crippen LogP contribution < -0.4 is 5.32 Å². The first-order valence-corrected chi connectivity index (χ1v) is 9.28. The minimum Gasteiger partial charge on any atom is -0.319 e. The van der Waals surface area contributed by atoms with Crippen molar-refractivity contribution >= 4 is 16.2 Å². The zero-order valence-corrected chi connectivity index (χ0v) is 13.8. The van der Waals surface area contributed by atoms with Crippen molar-refractivity contribution in [2.75, 3.05) is 0 Å². The Kier molecular flexibility index (Phi) is 5.77. The number of hydrogen-bond donors (Lipinski definition) is 1. The van der Waals surface area contributed by atoms with Crippen molar-refractivity contribution in [2.45, 2.75) is 56.8 Å². The highest BCUT2D eigenvalue weighted by molar-refractivity contribution is 7.95. The number of aryl methyl sites for hydroxylation is 1. The average molecular weight is 321 g/mol. The Hall–Kier alpha value is -1.62. The van der Waals surface area contributed by atoms with E-state index in [9.17, 15) is 13.2 Å². The van der Waals surface area contributed by atoms with E-state index in [2.05, 4.69) is 5.32 Å². The molecule has 120 valence electrons. The molecule has 0 spiro atoms. The number of amides is 1. The van der Waals surface area contributed by atoms with Gasteiger partial charge in [-0.15, -0.1) is 0 Å². The van der Waals surface area contributed by atoms with Crippen LogP contribution in [-0.2, 0) is 14.6 Å². The standard InChI is InChI=1S/C17H23NO3S/c1-14-9-11-16(12-10-14)22(20,21)17(18-13-19)15-7-5-3-2-4-6-8-15/h9-13H,2-8H2,1H3,(H,18,19). The van der Waals surface area contributed by atoms with Crippen LogP contribution in [0.4, 0.5) is 0 Å². The molecule has 1 aliphatic carbocycles. The van der Waals surface area contributed by atoms with Crippen molar-refractivity contribution in [3.8, 4) is 0 Å². The van der Waals surface area contributed by atoms with Crippen LogP contribution in [-0.4, -0.2) is 14.8 Å². The van der Waals surface area contributed by atoms with E-state index >= 15 is 0 Å². The summed E-state index contributed by atoms with van der Waals surface area (Å²) in [4.78, 5) is 11.2. The molecule has 0 aromatic heterocycles. The molecule has 0 saturated heterocycles. The molecule has 22 heavy (non-hydrogen) atoms. The third kappa shape index (κ3) is 3.97. The Morgan fingerprint density at radius 2 is 1.55 bits per heavy atom. The second-order valence-corrected chi connectivity index (χ2v) is 7.67. The topological polar surface area (TPSA) is 63.2 Å². The van der Waals surface area contributed by atoms with E-state index in [0.717, 1.165) is 49.7 Å². The summed E-state index contributed by atoms with van der Waals surface area (Å²) in [5, 5.41) is 2.56. The summed E-state index contributed by atoms with van der Waals surface area (Å²) in [6, 6.07) is 6.74. The van der Waals surface area contributed by atoms with Crippen molar-refractivity contribution in [2.24, 2.45) is 0 Å². The highest BCUT2D eigenvalue weighted by Crippen LogP contribution is 2.28. The molecule has 5 heteroatoms. The van der Waals surface area contributed by atoms with Crippen molar-refractivity contribution in [3.63, 3.8) is 0 Å². The minimum atomic E-state index is -3.67. The maximum Gasteiger partial charge on any atom is 0.221 e. The van der Waals surface area contributed by atoms with Crippen molar-refractivity contribution in [1.82, 2.24) is 5.32 Å². The van der Waals surface area contributed by atoms with E-state index in [-0.39, 0.29) is 9.92 Å². The van der Waals surface area contributed by atoms with Crippen LogP contribution in [0.2, 0.25) is 0 Å². The number of rotatable bonds is 4. The lowest BCUT2D eigenvalue weighted by molar-refractivity contribution is -0.108. The van der Waals surface area contributed by atoms with E-state index in [1.807, 2.05) is 6.92 Å². The molecular formula is C17H23NO3S. The van der Waals surface area contributed by atoms with Gasteiger partial charge in [-0.2, -0.15) is 0 Å². The molecule has 1 aliphatic rings. The molecule has 0 aliphatic heterocycles. The summed E-state index contributed by atoms with van der Waals surface area (Å²) in [5.41, 5.74) is 1.86. The van der Waals surface area contributed by atoms with Crippen LogP contribution in [0.3, 0.4) is 0 Å². The quantitative estimate of drug-likeness (QED) is 0.864. The van der Waals surface area contributed by atoms with Gasteiger partial charge < -0.3 is 5.32 Å². The lowest BCUT2D eigenvalue weighted by Gasteiger charge is -2.17. The molecule has 1 amide bonds. The van der Waals surface area contributed by atoms with Crippen molar-refractivity contribution in [3.05, 3.63) is 40.4 Å². The largest absolute Gasteiger partial charge is 0.319 e. The number of carbonyl (C=O) groups excluding carboxylic acids is 1. The lowest BCUT2D eigenvalue weighted by atomic mass is 9.97. The number of hydrogen-bond acceptors (Lipinski definition) is 3. The molecule has 0 radical (unpaired) electrons. The van der Waals surface area contributed by atoms with Gasteiger partial charge in [-0.1, -0.05) is 37.0 Å². The molecule has 0 atom stereocenters. The second kappa shape index (κ2) is 7.58. The summed E-state index contributed by atoms with van der Waals surface area (Å²) < 4.78 is 25.7. The zero-order chi connectivity index (χ0) is 16.0. The van der Waals surface area contributed by atoms with Crippen LogP contribution in [0.5, 0.6) is 0 Å².